The van der Waals surface area contributed by atoms with Crippen LogP contribution in [0, 0.1) is 0 Å². The standard InChI is InChI=1S/C17H20BrN5O2/c18-13-6-4-12(5-7-13)14(24)8-9-15(25)19-16-20-17(22-21-16)23-10-2-1-3-11-23/h4-7H,1-3,8-11H2,(H2,19,20,21,22,25). The third-order valence-electron chi connectivity index (χ3n) is 4.12. The number of anilines is 2. The first-order chi connectivity index (χ1) is 12.1. The molecule has 0 bridgehead atoms. The summed E-state index contributed by atoms with van der Waals surface area (Å²) in [4.78, 5) is 30.5. The molecule has 8 heteroatoms. The van der Waals surface area contributed by atoms with Gasteiger partial charge in [0.2, 0.25) is 17.8 Å². The van der Waals surface area contributed by atoms with E-state index in [2.05, 4.69) is 41.3 Å². The van der Waals surface area contributed by atoms with Crippen molar-refractivity contribution in [1.29, 1.82) is 0 Å². The van der Waals surface area contributed by atoms with Gasteiger partial charge in [-0.2, -0.15) is 4.98 Å². The molecule has 3 rings (SSSR count). The largest absolute Gasteiger partial charge is 0.340 e. The van der Waals surface area contributed by atoms with Crippen LogP contribution in [0.3, 0.4) is 0 Å². The Balaban J connectivity index is 1.48. The van der Waals surface area contributed by atoms with Gasteiger partial charge in [0, 0.05) is 36.0 Å². The number of aromatic amines is 1. The molecule has 1 amide bonds. The molecule has 1 fully saturated rings. The molecule has 132 valence electrons. The summed E-state index contributed by atoms with van der Waals surface area (Å²) in [6.07, 6.45) is 3.76. The van der Waals surface area contributed by atoms with Crippen LogP contribution in [0.15, 0.2) is 28.7 Å². The van der Waals surface area contributed by atoms with E-state index in [0.717, 1.165) is 30.4 Å². The Labute approximate surface area is 154 Å². The number of piperidine rings is 1. The van der Waals surface area contributed by atoms with Crippen LogP contribution < -0.4 is 10.2 Å². The maximum atomic E-state index is 12.1. The highest BCUT2D eigenvalue weighted by molar-refractivity contribution is 9.10. The van der Waals surface area contributed by atoms with Gasteiger partial charge < -0.3 is 4.90 Å². The zero-order valence-corrected chi connectivity index (χ0v) is 15.4. The summed E-state index contributed by atoms with van der Waals surface area (Å²) in [6.45, 7) is 1.87. The first-order valence-corrected chi connectivity index (χ1v) is 9.17. The number of amides is 1. The highest BCUT2D eigenvalue weighted by Gasteiger charge is 2.16. The smallest absolute Gasteiger partial charge is 0.246 e. The number of ketones is 1. The number of carbonyl (C=O) groups is 2. The molecule has 25 heavy (non-hydrogen) atoms. The molecule has 0 unspecified atom stereocenters. The number of halogens is 1. The summed E-state index contributed by atoms with van der Waals surface area (Å²) >= 11 is 3.33. The Hall–Kier alpha value is -2.22. The minimum atomic E-state index is -0.258. The lowest BCUT2D eigenvalue weighted by Crippen LogP contribution is -2.30. The SMILES string of the molecule is O=C(CCC(=O)c1ccc(Br)cc1)Nc1nc(N2CCCCC2)n[nH]1. The van der Waals surface area contributed by atoms with Gasteiger partial charge in [-0.3, -0.25) is 14.9 Å². The second-order valence-electron chi connectivity index (χ2n) is 6.01. The highest BCUT2D eigenvalue weighted by Crippen LogP contribution is 2.17. The molecule has 7 nitrogen and oxygen atoms in total. The normalized spacial score (nSPS) is 14.4. The van der Waals surface area contributed by atoms with E-state index in [1.54, 1.807) is 12.1 Å². The topological polar surface area (TPSA) is 91.0 Å². The number of Topliss-reactive ketones (excluding diaryl/α,β-unsaturated/α-hetero) is 1. The van der Waals surface area contributed by atoms with Crippen molar-refractivity contribution in [3.05, 3.63) is 34.3 Å². The van der Waals surface area contributed by atoms with Crippen LogP contribution in [0.2, 0.25) is 0 Å². The van der Waals surface area contributed by atoms with Gasteiger partial charge in [-0.05, 0) is 31.4 Å². The quantitative estimate of drug-likeness (QED) is 0.720. The Morgan fingerprint density at radius 1 is 1.12 bits per heavy atom. The van der Waals surface area contributed by atoms with Crippen molar-refractivity contribution in [2.75, 3.05) is 23.3 Å². The zero-order chi connectivity index (χ0) is 17.6. The maximum Gasteiger partial charge on any atom is 0.246 e. The summed E-state index contributed by atoms with van der Waals surface area (Å²) in [5, 5.41) is 9.55. The van der Waals surface area contributed by atoms with Gasteiger partial charge in [0.15, 0.2) is 5.78 Å². The number of hydrogen-bond donors (Lipinski definition) is 2. The maximum absolute atomic E-state index is 12.1. The summed E-state index contributed by atoms with van der Waals surface area (Å²) in [5.41, 5.74) is 0.600. The first kappa shape index (κ1) is 17.6. The van der Waals surface area contributed by atoms with Crippen LogP contribution in [0.1, 0.15) is 42.5 Å². The number of nitrogens with zero attached hydrogens (tertiary/aromatic N) is 3. The summed E-state index contributed by atoms with van der Waals surface area (Å²) in [6, 6.07) is 7.10. The van der Waals surface area contributed by atoms with E-state index < -0.39 is 0 Å². The molecule has 1 saturated heterocycles. The number of H-pyrrole nitrogens is 1. The fourth-order valence-electron chi connectivity index (χ4n) is 2.75. The van der Waals surface area contributed by atoms with E-state index in [-0.39, 0.29) is 24.5 Å². The fraction of sp³-hybridized carbons (Fsp3) is 0.412. The van der Waals surface area contributed by atoms with E-state index in [1.165, 1.54) is 6.42 Å². The van der Waals surface area contributed by atoms with Crippen LogP contribution in [-0.2, 0) is 4.79 Å². The zero-order valence-electron chi connectivity index (χ0n) is 13.8. The van der Waals surface area contributed by atoms with Crippen LogP contribution in [0.25, 0.3) is 0 Å². The lowest BCUT2D eigenvalue weighted by atomic mass is 10.1. The van der Waals surface area contributed by atoms with Gasteiger partial charge in [-0.25, -0.2) is 5.10 Å². The third-order valence-corrected chi connectivity index (χ3v) is 4.64. The Kier molecular flexibility index (Phi) is 5.80. The number of benzene rings is 1. The lowest BCUT2D eigenvalue weighted by Gasteiger charge is -2.24. The van der Waals surface area contributed by atoms with Crippen molar-refractivity contribution in [2.45, 2.75) is 32.1 Å². The molecule has 1 aromatic heterocycles. The van der Waals surface area contributed by atoms with Crippen LogP contribution in [0.5, 0.6) is 0 Å². The van der Waals surface area contributed by atoms with Crippen molar-refractivity contribution in [3.8, 4) is 0 Å². The second kappa shape index (κ2) is 8.24. The molecule has 0 radical (unpaired) electrons. The van der Waals surface area contributed by atoms with Crippen molar-refractivity contribution in [3.63, 3.8) is 0 Å². The van der Waals surface area contributed by atoms with Gasteiger partial charge in [0.25, 0.3) is 0 Å². The van der Waals surface area contributed by atoms with Crippen molar-refractivity contribution >= 4 is 39.5 Å². The van der Waals surface area contributed by atoms with Crippen LogP contribution >= 0.6 is 15.9 Å². The molecule has 0 atom stereocenters. The highest BCUT2D eigenvalue weighted by atomic mass is 79.9. The average molecular weight is 406 g/mol. The van der Waals surface area contributed by atoms with Crippen molar-refractivity contribution < 1.29 is 9.59 Å². The molecule has 0 saturated carbocycles. The van der Waals surface area contributed by atoms with Gasteiger partial charge in [-0.1, -0.05) is 28.1 Å². The molecule has 1 aliphatic rings. The number of rotatable bonds is 6. The van der Waals surface area contributed by atoms with Gasteiger partial charge in [0.05, 0.1) is 0 Å². The molecule has 2 aromatic rings. The number of aromatic nitrogens is 3. The lowest BCUT2D eigenvalue weighted by molar-refractivity contribution is -0.116. The van der Waals surface area contributed by atoms with Gasteiger partial charge in [0.1, 0.15) is 0 Å². The van der Waals surface area contributed by atoms with Gasteiger partial charge >= 0.3 is 0 Å². The predicted molar refractivity (Wildman–Crippen MR) is 98.8 cm³/mol. The molecule has 2 heterocycles. The third kappa shape index (κ3) is 4.88. The molecular weight excluding hydrogens is 386 g/mol. The summed E-state index contributed by atoms with van der Waals surface area (Å²) < 4.78 is 0.914. The molecule has 2 N–H and O–H groups in total. The Morgan fingerprint density at radius 3 is 2.56 bits per heavy atom. The monoisotopic (exact) mass is 405 g/mol. The van der Waals surface area contributed by atoms with Crippen molar-refractivity contribution in [2.24, 2.45) is 0 Å². The fourth-order valence-corrected chi connectivity index (χ4v) is 3.01. The molecule has 1 aromatic carbocycles. The molecular formula is C17H20BrN5O2. The Bertz CT molecular complexity index is 738. The molecule has 1 aliphatic heterocycles. The Morgan fingerprint density at radius 2 is 1.84 bits per heavy atom. The number of hydrogen-bond acceptors (Lipinski definition) is 5. The minimum Gasteiger partial charge on any atom is -0.340 e. The first-order valence-electron chi connectivity index (χ1n) is 8.38. The minimum absolute atomic E-state index is 0.0609. The number of carbonyl (C=O) groups excluding carboxylic acids is 2. The summed E-state index contributed by atoms with van der Waals surface area (Å²) in [5.74, 6) is 0.614. The van der Waals surface area contributed by atoms with E-state index in [1.807, 2.05) is 12.1 Å². The predicted octanol–water partition coefficient (Wildman–Crippen LogP) is 3.16. The number of nitrogens with one attached hydrogen (secondary N) is 2. The van der Waals surface area contributed by atoms with E-state index in [0.29, 0.717) is 17.5 Å². The van der Waals surface area contributed by atoms with Crippen molar-refractivity contribution in [1.82, 2.24) is 15.2 Å². The molecule has 0 spiro atoms. The van der Waals surface area contributed by atoms with E-state index >= 15 is 0 Å². The second-order valence-corrected chi connectivity index (χ2v) is 6.93. The summed E-state index contributed by atoms with van der Waals surface area (Å²) in [7, 11) is 0. The van der Waals surface area contributed by atoms with E-state index in [4.69, 9.17) is 0 Å². The van der Waals surface area contributed by atoms with Gasteiger partial charge in [-0.15, -0.1) is 5.10 Å². The molecule has 0 aliphatic carbocycles. The van der Waals surface area contributed by atoms with Crippen LogP contribution in [-0.4, -0.2) is 40.0 Å². The van der Waals surface area contributed by atoms with E-state index in [9.17, 15) is 9.59 Å². The van der Waals surface area contributed by atoms with Crippen LogP contribution in [0.4, 0.5) is 11.9 Å². The average Bonchev–Trinajstić information content (AvgIpc) is 3.09.